The quantitative estimate of drug-likeness (QED) is 0.621. The monoisotopic (exact) mass is 434 g/mol. The van der Waals surface area contributed by atoms with E-state index in [1.807, 2.05) is 25.1 Å². The second-order valence-corrected chi connectivity index (χ2v) is 8.01. The Hall–Kier alpha value is -3.32. The maximum absolute atomic E-state index is 13.8. The summed E-state index contributed by atoms with van der Waals surface area (Å²) in [6, 6.07) is 16.5. The number of nitrogens with one attached hydrogen (secondary N) is 1. The molecule has 0 atom stereocenters. The molecule has 7 heteroatoms. The van der Waals surface area contributed by atoms with Crippen LogP contribution in [0.1, 0.15) is 35.1 Å². The molecule has 6 nitrogen and oxygen atoms in total. The van der Waals surface area contributed by atoms with Crippen molar-refractivity contribution in [2.75, 3.05) is 6.54 Å². The zero-order chi connectivity index (χ0) is 22.5. The van der Waals surface area contributed by atoms with Crippen LogP contribution in [0.15, 0.2) is 59.4 Å². The third kappa shape index (κ3) is 4.94. The Morgan fingerprint density at radius 3 is 2.62 bits per heavy atom. The lowest BCUT2D eigenvalue weighted by molar-refractivity contribution is -0.121. The summed E-state index contributed by atoms with van der Waals surface area (Å²) in [7, 11) is 0. The van der Waals surface area contributed by atoms with Crippen molar-refractivity contribution in [3.63, 3.8) is 0 Å². The first-order valence-electron chi connectivity index (χ1n) is 10.9. The van der Waals surface area contributed by atoms with E-state index >= 15 is 0 Å². The third-order valence-electron chi connectivity index (χ3n) is 5.77. The molecule has 1 aliphatic rings. The number of aryl methyl sites for hydroxylation is 1. The standard InChI is InChI=1S/C25H27FN4O2/c1-2-23-28-22-12-13-29(15-18-8-4-3-5-9-18)16-20(22)25(32)30(23)17-24(31)27-14-19-10-6-7-11-21(19)26/h3-11H,2,12-17H2,1H3,(H,27,31). The topological polar surface area (TPSA) is 67.2 Å². The van der Waals surface area contributed by atoms with Gasteiger partial charge in [0.1, 0.15) is 18.2 Å². The molecule has 0 saturated carbocycles. The van der Waals surface area contributed by atoms with Crippen LogP contribution in [-0.4, -0.2) is 26.9 Å². The van der Waals surface area contributed by atoms with Gasteiger partial charge in [0.2, 0.25) is 5.91 Å². The molecule has 0 aliphatic carbocycles. The summed E-state index contributed by atoms with van der Waals surface area (Å²) in [4.78, 5) is 32.8. The van der Waals surface area contributed by atoms with E-state index in [4.69, 9.17) is 4.98 Å². The second kappa shape index (κ2) is 9.87. The maximum atomic E-state index is 13.8. The summed E-state index contributed by atoms with van der Waals surface area (Å²) in [5, 5.41) is 2.71. The average Bonchev–Trinajstić information content (AvgIpc) is 2.81. The number of halogens is 1. The number of amides is 1. The van der Waals surface area contributed by atoms with Crippen molar-refractivity contribution in [3.8, 4) is 0 Å². The number of nitrogens with zero attached hydrogens (tertiary/aromatic N) is 3. The molecule has 2 aromatic carbocycles. The van der Waals surface area contributed by atoms with Crippen LogP contribution in [-0.2, 0) is 43.8 Å². The zero-order valence-electron chi connectivity index (χ0n) is 18.2. The van der Waals surface area contributed by atoms with Crippen LogP contribution in [0.3, 0.4) is 0 Å². The van der Waals surface area contributed by atoms with Gasteiger partial charge in [-0.2, -0.15) is 0 Å². The van der Waals surface area contributed by atoms with Gasteiger partial charge in [0.25, 0.3) is 5.56 Å². The van der Waals surface area contributed by atoms with Crippen LogP contribution < -0.4 is 10.9 Å². The number of rotatable bonds is 7. The minimum Gasteiger partial charge on any atom is -0.350 e. The molecule has 2 heterocycles. The Bertz CT molecular complexity index is 1160. The van der Waals surface area contributed by atoms with Crippen molar-refractivity contribution in [2.45, 2.75) is 45.9 Å². The fourth-order valence-electron chi connectivity index (χ4n) is 4.06. The van der Waals surface area contributed by atoms with Crippen molar-refractivity contribution < 1.29 is 9.18 Å². The van der Waals surface area contributed by atoms with E-state index in [1.165, 1.54) is 16.2 Å². The minimum atomic E-state index is -0.367. The molecule has 0 saturated heterocycles. The van der Waals surface area contributed by atoms with Gasteiger partial charge in [-0.05, 0) is 11.6 Å². The van der Waals surface area contributed by atoms with Gasteiger partial charge in [-0.15, -0.1) is 0 Å². The highest BCUT2D eigenvalue weighted by atomic mass is 19.1. The number of hydrogen-bond acceptors (Lipinski definition) is 4. The van der Waals surface area contributed by atoms with E-state index < -0.39 is 0 Å². The molecule has 1 amide bonds. The Labute approximate surface area is 186 Å². The SMILES string of the molecule is CCc1nc2c(c(=O)n1CC(=O)NCc1ccccc1F)CN(Cc1ccccc1)CC2. The first-order valence-corrected chi connectivity index (χ1v) is 10.9. The largest absolute Gasteiger partial charge is 0.350 e. The van der Waals surface area contributed by atoms with Gasteiger partial charge in [-0.1, -0.05) is 55.5 Å². The van der Waals surface area contributed by atoms with E-state index in [-0.39, 0.29) is 30.4 Å². The Morgan fingerprint density at radius 1 is 1.12 bits per heavy atom. The molecule has 0 spiro atoms. The molecular weight excluding hydrogens is 407 g/mol. The van der Waals surface area contributed by atoms with Gasteiger partial charge >= 0.3 is 0 Å². The summed E-state index contributed by atoms with van der Waals surface area (Å²) < 4.78 is 15.3. The highest BCUT2D eigenvalue weighted by Gasteiger charge is 2.24. The van der Waals surface area contributed by atoms with Crippen molar-refractivity contribution in [3.05, 3.63) is 99.0 Å². The maximum Gasteiger partial charge on any atom is 0.258 e. The van der Waals surface area contributed by atoms with Crippen LogP contribution in [0.2, 0.25) is 0 Å². The fourth-order valence-corrected chi connectivity index (χ4v) is 4.06. The zero-order valence-corrected chi connectivity index (χ0v) is 18.2. The molecule has 1 aromatic heterocycles. The van der Waals surface area contributed by atoms with Crippen molar-refractivity contribution in [1.29, 1.82) is 0 Å². The number of carbonyl (C=O) groups excluding carboxylic acids is 1. The van der Waals surface area contributed by atoms with E-state index in [9.17, 15) is 14.0 Å². The second-order valence-electron chi connectivity index (χ2n) is 8.01. The highest BCUT2D eigenvalue weighted by Crippen LogP contribution is 2.17. The molecule has 0 fully saturated rings. The van der Waals surface area contributed by atoms with Gasteiger partial charge < -0.3 is 5.32 Å². The molecule has 32 heavy (non-hydrogen) atoms. The molecule has 0 radical (unpaired) electrons. The van der Waals surface area contributed by atoms with Crippen molar-refractivity contribution in [2.24, 2.45) is 0 Å². The predicted molar refractivity (Wildman–Crippen MR) is 120 cm³/mol. The average molecular weight is 435 g/mol. The van der Waals surface area contributed by atoms with Crippen molar-refractivity contribution >= 4 is 5.91 Å². The summed E-state index contributed by atoms with van der Waals surface area (Å²) in [5.74, 6) is -0.108. The molecule has 1 aliphatic heterocycles. The van der Waals surface area contributed by atoms with E-state index in [0.717, 1.165) is 18.8 Å². The lowest BCUT2D eigenvalue weighted by Crippen LogP contribution is -2.41. The Kier molecular flexibility index (Phi) is 6.75. The first kappa shape index (κ1) is 21.9. The summed E-state index contributed by atoms with van der Waals surface area (Å²) in [6.45, 7) is 3.98. The van der Waals surface area contributed by atoms with Gasteiger partial charge in [0.05, 0.1) is 11.3 Å². The van der Waals surface area contributed by atoms with Crippen LogP contribution in [0.25, 0.3) is 0 Å². The number of hydrogen-bond donors (Lipinski definition) is 1. The summed E-state index contributed by atoms with van der Waals surface area (Å²) >= 11 is 0. The smallest absolute Gasteiger partial charge is 0.258 e. The van der Waals surface area contributed by atoms with Gasteiger partial charge in [-0.25, -0.2) is 9.37 Å². The molecule has 3 aromatic rings. The van der Waals surface area contributed by atoms with E-state index in [0.29, 0.717) is 36.3 Å². The summed E-state index contributed by atoms with van der Waals surface area (Å²) in [5.41, 5.74) is 2.93. The van der Waals surface area contributed by atoms with E-state index in [1.54, 1.807) is 18.2 Å². The number of carbonyl (C=O) groups is 1. The molecule has 4 rings (SSSR count). The van der Waals surface area contributed by atoms with Crippen LogP contribution in [0.5, 0.6) is 0 Å². The van der Waals surface area contributed by atoms with Crippen LogP contribution in [0.4, 0.5) is 4.39 Å². The van der Waals surface area contributed by atoms with Gasteiger partial charge in [-0.3, -0.25) is 19.1 Å². The highest BCUT2D eigenvalue weighted by molar-refractivity contribution is 5.75. The van der Waals surface area contributed by atoms with Gasteiger partial charge in [0.15, 0.2) is 0 Å². The van der Waals surface area contributed by atoms with Crippen molar-refractivity contribution in [1.82, 2.24) is 19.8 Å². The van der Waals surface area contributed by atoms with E-state index in [2.05, 4.69) is 22.3 Å². The molecule has 0 bridgehead atoms. The number of aromatic nitrogens is 2. The first-order chi connectivity index (χ1) is 15.5. The number of fused-ring (bicyclic) bond motifs is 1. The predicted octanol–water partition coefficient (Wildman–Crippen LogP) is 2.82. The normalized spacial score (nSPS) is 13.6. The molecule has 1 N–H and O–H groups in total. The van der Waals surface area contributed by atoms with Crippen LogP contribution in [0, 0.1) is 5.82 Å². The third-order valence-corrected chi connectivity index (χ3v) is 5.77. The lowest BCUT2D eigenvalue weighted by atomic mass is 10.1. The summed E-state index contributed by atoms with van der Waals surface area (Å²) in [6.07, 6.45) is 1.27. The molecule has 0 unspecified atom stereocenters. The Balaban J connectivity index is 1.50. The molecule has 166 valence electrons. The molecular formula is C25H27FN4O2. The van der Waals surface area contributed by atoms with Gasteiger partial charge in [0, 0.05) is 44.6 Å². The lowest BCUT2D eigenvalue weighted by Gasteiger charge is -2.28. The van der Waals surface area contributed by atoms with Crippen LogP contribution >= 0.6 is 0 Å². The number of benzene rings is 2. The minimum absolute atomic E-state index is 0.0743. The Morgan fingerprint density at radius 2 is 1.88 bits per heavy atom. The fraction of sp³-hybridized carbons (Fsp3) is 0.320.